The fourth-order valence-electron chi connectivity index (χ4n) is 3.81. The van der Waals surface area contributed by atoms with Crippen molar-refractivity contribution < 1.29 is 18.0 Å². The molecule has 1 aliphatic rings. The van der Waals surface area contributed by atoms with Crippen molar-refractivity contribution in [3.8, 4) is 0 Å². The lowest BCUT2D eigenvalue weighted by molar-refractivity contribution is 0.134. The van der Waals surface area contributed by atoms with Crippen LogP contribution in [0.1, 0.15) is 11.6 Å². The first-order valence-electron chi connectivity index (χ1n) is 9.69. The van der Waals surface area contributed by atoms with E-state index in [1.807, 2.05) is 29.2 Å². The van der Waals surface area contributed by atoms with Crippen LogP contribution in [-0.2, 0) is 10.0 Å². The number of fused-ring (bicyclic) bond motifs is 1. The van der Waals surface area contributed by atoms with Crippen LogP contribution >= 0.6 is 0 Å². The van der Waals surface area contributed by atoms with Crippen LogP contribution in [0.4, 0.5) is 10.1 Å². The van der Waals surface area contributed by atoms with Gasteiger partial charge in [-0.05, 0) is 42.0 Å². The normalized spacial score (nSPS) is 16.7. The molecule has 158 valence electrons. The van der Waals surface area contributed by atoms with Gasteiger partial charge >= 0.3 is 0 Å². The van der Waals surface area contributed by atoms with E-state index in [-0.39, 0.29) is 11.6 Å². The maximum Gasteiger partial charge on any atom is 0.216 e. The molecule has 1 aliphatic heterocycles. The average molecular weight is 431 g/mol. The number of hydroxylamine groups is 1. The van der Waals surface area contributed by atoms with Gasteiger partial charge in [-0.25, -0.2) is 12.8 Å². The monoisotopic (exact) mass is 430 g/mol. The molecule has 4 rings (SSSR count). The van der Waals surface area contributed by atoms with Gasteiger partial charge in [0.25, 0.3) is 0 Å². The Morgan fingerprint density at radius 3 is 2.43 bits per heavy atom. The molecule has 7 nitrogen and oxygen atoms in total. The molecule has 2 N–H and O–H groups in total. The number of aromatic nitrogens is 1. The number of anilines is 1. The number of sulfonamides is 1. The van der Waals surface area contributed by atoms with Gasteiger partial charge in [0.1, 0.15) is 5.82 Å². The number of rotatable bonds is 6. The van der Waals surface area contributed by atoms with Crippen molar-refractivity contribution in [2.75, 3.05) is 36.8 Å². The summed E-state index contributed by atoms with van der Waals surface area (Å²) in [7, 11) is -3.62. The third-order valence-electron chi connectivity index (χ3n) is 5.42. The molecule has 0 aliphatic carbocycles. The Kier molecular flexibility index (Phi) is 5.96. The molecular weight excluding hydrogens is 407 g/mol. The predicted molar refractivity (Wildman–Crippen MR) is 113 cm³/mol. The quantitative estimate of drug-likeness (QED) is 0.585. The number of hydrogen-bond acceptors (Lipinski definition) is 6. The Bertz CT molecular complexity index is 1110. The van der Waals surface area contributed by atoms with Gasteiger partial charge in [0.15, 0.2) is 0 Å². The van der Waals surface area contributed by atoms with Crippen LogP contribution < -0.4 is 10.4 Å². The lowest BCUT2D eigenvalue weighted by Gasteiger charge is -2.36. The van der Waals surface area contributed by atoms with Crippen molar-refractivity contribution in [1.29, 1.82) is 0 Å². The molecule has 1 atom stereocenters. The molecule has 9 heteroatoms. The second-order valence-corrected chi connectivity index (χ2v) is 9.25. The molecule has 1 saturated heterocycles. The minimum Gasteiger partial charge on any atom is -0.369 e. The molecule has 1 fully saturated rings. The summed E-state index contributed by atoms with van der Waals surface area (Å²) in [4.78, 5) is 6.32. The zero-order valence-corrected chi connectivity index (χ0v) is 17.1. The highest BCUT2D eigenvalue weighted by Crippen LogP contribution is 2.25. The fraction of sp³-hybridized carbons (Fsp3) is 0.286. The van der Waals surface area contributed by atoms with Crippen LogP contribution in [0.15, 0.2) is 60.8 Å². The number of hydrogen-bond donors (Lipinski definition) is 2. The first kappa shape index (κ1) is 20.7. The largest absolute Gasteiger partial charge is 0.369 e. The van der Waals surface area contributed by atoms with Crippen LogP contribution in [-0.4, -0.2) is 54.8 Å². The number of piperazine rings is 1. The van der Waals surface area contributed by atoms with E-state index in [2.05, 4.69) is 10.5 Å². The van der Waals surface area contributed by atoms with E-state index in [4.69, 9.17) is 0 Å². The number of nitrogens with zero attached hydrogens (tertiary/aromatic N) is 3. The van der Waals surface area contributed by atoms with E-state index in [0.29, 0.717) is 31.7 Å². The van der Waals surface area contributed by atoms with E-state index < -0.39 is 16.1 Å². The minimum absolute atomic E-state index is 0.270. The number of benzene rings is 2. The molecule has 0 saturated carbocycles. The summed E-state index contributed by atoms with van der Waals surface area (Å²) in [5.74, 6) is -0.570. The van der Waals surface area contributed by atoms with Gasteiger partial charge in [-0.2, -0.15) is 9.79 Å². The zero-order valence-electron chi connectivity index (χ0n) is 16.3. The van der Waals surface area contributed by atoms with Gasteiger partial charge in [-0.3, -0.25) is 4.98 Å². The molecule has 2 heterocycles. The third kappa shape index (κ3) is 4.29. The highest BCUT2D eigenvalue weighted by Gasteiger charge is 2.30. The molecule has 0 radical (unpaired) electrons. The maximum atomic E-state index is 13.1. The molecule has 2 aromatic carbocycles. The van der Waals surface area contributed by atoms with E-state index in [1.54, 1.807) is 24.4 Å². The number of nitrogens with one attached hydrogen (secondary N) is 1. The Labute approximate surface area is 174 Å². The zero-order chi connectivity index (χ0) is 21.1. The topological polar surface area (TPSA) is 85.8 Å². The van der Waals surface area contributed by atoms with Gasteiger partial charge < -0.3 is 10.1 Å². The summed E-state index contributed by atoms with van der Waals surface area (Å²) in [6.45, 7) is 1.68. The summed E-state index contributed by atoms with van der Waals surface area (Å²) < 4.78 is 40.7. The van der Waals surface area contributed by atoms with Gasteiger partial charge in [0.05, 0.1) is 17.3 Å². The standard InChI is InChI=1S/C21H23FN4O3S/c22-16-5-7-17(8-6-16)25-11-13-26(14-12-25)30(28,29)15-21(24-27)19-9-10-23-20-4-2-1-3-18(19)20/h1-10,21,24,27H,11-15H2. The fourth-order valence-corrected chi connectivity index (χ4v) is 5.42. The van der Waals surface area contributed by atoms with Crippen LogP contribution in [0, 0.1) is 5.82 Å². The highest BCUT2D eigenvalue weighted by molar-refractivity contribution is 7.89. The van der Waals surface area contributed by atoms with Crippen LogP contribution in [0.3, 0.4) is 0 Å². The summed E-state index contributed by atoms with van der Waals surface area (Å²) in [5, 5.41) is 10.5. The van der Waals surface area contributed by atoms with Crippen LogP contribution in [0.25, 0.3) is 10.9 Å². The Morgan fingerprint density at radius 1 is 1.03 bits per heavy atom. The van der Waals surface area contributed by atoms with Gasteiger partial charge in [0.2, 0.25) is 10.0 Å². The Balaban J connectivity index is 1.47. The number of para-hydroxylation sites is 1. The first-order chi connectivity index (χ1) is 14.5. The molecule has 1 unspecified atom stereocenters. The smallest absolute Gasteiger partial charge is 0.216 e. The van der Waals surface area contributed by atoms with Crippen LogP contribution in [0.5, 0.6) is 0 Å². The van der Waals surface area contributed by atoms with Gasteiger partial charge in [-0.15, -0.1) is 0 Å². The Hall–Kier alpha value is -2.59. The van der Waals surface area contributed by atoms with Crippen molar-refractivity contribution in [2.24, 2.45) is 0 Å². The van der Waals surface area contributed by atoms with Gasteiger partial charge in [-0.1, -0.05) is 18.2 Å². The van der Waals surface area contributed by atoms with Crippen molar-refractivity contribution in [2.45, 2.75) is 6.04 Å². The molecule has 30 heavy (non-hydrogen) atoms. The molecule has 0 amide bonds. The average Bonchev–Trinajstić information content (AvgIpc) is 2.78. The Morgan fingerprint density at radius 2 is 1.73 bits per heavy atom. The summed E-state index contributed by atoms with van der Waals surface area (Å²) in [6.07, 6.45) is 1.61. The number of halogens is 1. The third-order valence-corrected chi connectivity index (χ3v) is 7.32. The summed E-state index contributed by atoms with van der Waals surface area (Å²) in [6, 6.07) is 14.5. The second kappa shape index (κ2) is 8.65. The molecular formula is C21H23FN4O3S. The SMILES string of the molecule is O=S(=O)(CC(NO)c1ccnc2ccccc12)N1CCN(c2ccc(F)cc2)CC1. The van der Waals surface area contributed by atoms with Gasteiger partial charge in [0, 0.05) is 43.4 Å². The van der Waals surface area contributed by atoms with Crippen molar-refractivity contribution >= 4 is 26.6 Å². The molecule has 0 spiro atoms. The maximum absolute atomic E-state index is 13.1. The van der Waals surface area contributed by atoms with Crippen molar-refractivity contribution in [1.82, 2.24) is 14.8 Å². The van der Waals surface area contributed by atoms with E-state index in [1.165, 1.54) is 16.4 Å². The highest BCUT2D eigenvalue weighted by atomic mass is 32.2. The lowest BCUT2D eigenvalue weighted by atomic mass is 10.0. The summed E-state index contributed by atoms with van der Waals surface area (Å²) in [5.41, 5.74) is 4.45. The van der Waals surface area contributed by atoms with Crippen molar-refractivity contribution in [3.63, 3.8) is 0 Å². The second-order valence-electron chi connectivity index (χ2n) is 7.24. The molecule has 1 aromatic heterocycles. The molecule has 3 aromatic rings. The minimum atomic E-state index is -3.62. The van der Waals surface area contributed by atoms with E-state index in [9.17, 15) is 18.0 Å². The van der Waals surface area contributed by atoms with E-state index >= 15 is 0 Å². The number of pyridine rings is 1. The van der Waals surface area contributed by atoms with Crippen LogP contribution in [0.2, 0.25) is 0 Å². The summed E-state index contributed by atoms with van der Waals surface area (Å²) >= 11 is 0. The van der Waals surface area contributed by atoms with E-state index in [0.717, 1.165) is 16.6 Å². The predicted octanol–water partition coefficient (Wildman–Crippen LogP) is 2.55. The molecule has 0 bridgehead atoms. The first-order valence-corrected chi connectivity index (χ1v) is 11.3. The van der Waals surface area contributed by atoms with Crippen molar-refractivity contribution in [3.05, 3.63) is 72.2 Å². The lowest BCUT2D eigenvalue weighted by Crippen LogP contribution is -2.50.